The maximum absolute atomic E-state index is 11.0. The molecule has 6 heteroatoms. The minimum absolute atomic E-state index is 0.0831. The van der Waals surface area contributed by atoms with E-state index in [0.717, 1.165) is 36.0 Å². The van der Waals surface area contributed by atoms with Crippen LogP contribution in [0.4, 0.5) is 23.0 Å². The maximum Gasteiger partial charge on any atom is 0.221 e. The number of rotatable bonds is 8. The Morgan fingerprint density at radius 3 is 2.43 bits per heavy atom. The molecular formula is C17H23N5O. The lowest BCUT2D eigenvalue weighted by Crippen LogP contribution is -2.06. The van der Waals surface area contributed by atoms with Crippen molar-refractivity contribution in [3.05, 3.63) is 36.7 Å². The molecule has 0 aliphatic heterocycles. The van der Waals surface area contributed by atoms with Crippen molar-refractivity contribution in [2.45, 2.75) is 33.1 Å². The van der Waals surface area contributed by atoms with Crippen molar-refractivity contribution in [2.75, 3.05) is 22.5 Å². The van der Waals surface area contributed by atoms with Crippen LogP contribution < -0.4 is 16.0 Å². The predicted molar refractivity (Wildman–Crippen MR) is 94.1 cm³/mol. The maximum atomic E-state index is 11.0. The molecule has 0 aliphatic rings. The summed E-state index contributed by atoms with van der Waals surface area (Å²) in [6.07, 6.45) is 5.08. The van der Waals surface area contributed by atoms with Gasteiger partial charge in [-0.05, 0) is 30.7 Å². The van der Waals surface area contributed by atoms with Crippen molar-refractivity contribution >= 4 is 28.9 Å². The van der Waals surface area contributed by atoms with E-state index in [9.17, 15) is 4.79 Å². The fourth-order valence-electron chi connectivity index (χ4n) is 2.10. The SMILES string of the molecule is CCCCCNc1cc(Nc2ccc(NC(C)=O)cc2)ncn1. The number of aromatic nitrogens is 2. The van der Waals surface area contributed by atoms with Crippen molar-refractivity contribution in [1.82, 2.24) is 9.97 Å². The molecule has 1 amide bonds. The number of amides is 1. The largest absolute Gasteiger partial charge is 0.370 e. The van der Waals surface area contributed by atoms with E-state index in [1.807, 2.05) is 30.3 Å². The number of nitrogens with one attached hydrogen (secondary N) is 3. The molecular weight excluding hydrogens is 290 g/mol. The van der Waals surface area contributed by atoms with E-state index in [0.29, 0.717) is 0 Å². The Morgan fingerprint density at radius 1 is 1.04 bits per heavy atom. The molecule has 1 aromatic heterocycles. The van der Waals surface area contributed by atoms with Crippen LogP contribution in [0.2, 0.25) is 0 Å². The standard InChI is InChI=1S/C17H23N5O/c1-3-4-5-10-18-16-11-17(20-12-19-16)22-15-8-6-14(7-9-15)21-13(2)23/h6-9,11-12H,3-5,10H2,1-2H3,(H,21,23)(H2,18,19,20,22). The lowest BCUT2D eigenvalue weighted by molar-refractivity contribution is -0.114. The first-order valence-corrected chi connectivity index (χ1v) is 7.88. The number of nitrogens with zero attached hydrogens (tertiary/aromatic N) is 2. The molecule has 0 spiro atoms. The normalized spacial score (nSPS) is 10.2. The summed E-state index contributed by atoms with van der Waals surface area (Å²) < 4.78 is 0. The third-order valence-corrected chi connectivity index (χ3v) is 3.23. The Hall–Kier alpha value is -2.63. The number of unbranched alkanes of at least 4 members (excludes halogenated alkanes) is 2. The molecule has 0 aliphatic carbocycles. The van der Waals surface area contributed by atoms with Gasteiger partial charge in [0.25, 0.3) is 0 Å². The quantitative estimate of drug-likeness (QED) is 0.646. The van der Waals surface area contributed by atoms with Gasteiger partial charge in [0.2, 0.25) is 5.91 Å². The van der Waals surface area contributed by atoms with Crippen molar-refractivity contribution in [3.63, 3.8) is 0 Å². The van der Waals surface area contributed by atoms with Gasteiger partial charge in [0.1, 0.15) is 18.0 Å². The summed E-state index contributed by atoms with van der Waals surface area (Å²) >= 11 is 0. The highest BCUT2D eigenvalue weighted by molar-refractivity contribution is 5.88. The predicted octanol–water partition coefficient (Wildman–Crippen LogP) is 3.78. The molecule has 3 N–H and O–H groups in total. The molecule has 0 saturated heterocycles. The van der Waals surface area contributed by atoms with Gasteiger partial charge in [-0.3, -0.25) is 4.79 Å². The van der Waals surface area contributed by atoms with Gasteiger partial charge in [0.15, 0.2) is 0 Å². The van der Waals surface area contributed by atoms with E-state index in [1.54, 1.807) is 0 Å². The number of carbonyl (C=O) groups excluding carboxylic acids is 1. The van der Waals surface area contributed by atoms with Crippen LogP contribution in [0.25, 0.3) is 0 Å². The van der Waals surface area contributed by atoms with E-state index in [4.69, 9.17) is 0 Å². The average Bonchev–Trinajstić information content (AvgIpc) is 2.53. The molecule has 0 bridgehead atoms. The van der Waals surface area contributed by atoms with E-state index in [1.165, 1.54) is 26.1 Å². The lowest BCUT2D eigenvalue weighted by atomic mass is 10.2. The number of benzene rings is 1. The topological polar surface area (TPSA) is 78.9 Å². The van der Waals surface area contributed by atoms with Crippen LogP contribution in [-0.4, -0.2) is 22.4 Å². The third kappa shape index (κ3) is 5.94. The molecule has 1 aromatic carbocycles. The van der Waals surface area contributed by atoms with Crippen molar-refractivity contribution in [1.29, 1.82) is 0 Å². The lowest BCUT2D eigenvalue weighted by Gasteiger charge is -2.09. The molecule has 1 heterocycles. The molecule has 0 fully saturated rings. The van der Waals surface area contributed by atoms with Crippen LogP contribution in [-0.2, 0) is 4.79 Å². The zero-order valence-electron chi connectivity index (χ0n) is 13.6. The second kappa shape index (κ2) is 8.73. The van der Waals surface area contributed by atoms with Crippen LogP contribution in [0.1, 0.15) is 33.1 Å². The third-order valence-electron chi connectivity index (χ3n) is 3.23. The highest BCUT2D eigenvalue weighted by atomic mass is 16.1. The highest BCUT2D eigenvalue weighted by Crippen LogP contribution is 2.18. The van der Waals surface area contributed by atoms with Crippen LogP contribution in [0.3, 0.4) is 0 Å². The van der Waals surface area contributed by atoms with E-state index < -0.39 is 0 Å². The molecule has 0 radical (unpaired) electrons. The Kier molecular flexibility index (Phi) is 6.35. The zero-order valence-corrected chi connectivity index (χ0v) is 13.6. The van der Waals surface area contributed by atoms with Gasteiger partial charge in [0.05, 0.1) is 0 Å². The van der Waals surface area contributed by atoms with Crippen LogP contribution in [0, 0.1) is 0 Å². The molecule has 2 rings (SSSR count). The minimum Gasteiger partial charge on any atom is -0.370 e. The van der Waals surface area contributed by atoms with E-state index >= 15 is 0 Å². The van der Waals surface area contributed by atoms with Gasteiger partial charge in [-0.2, -0.15) is 0 Å². The Morgan fingerprint density at radius 2 is 1.74 bits per heavy atom. The zero-order chi connectivity index (χ0) is 16.5. The van der Waals surface area contributed by atoms with Gasteiger partial charge in [-0.25, -0.2) is 9.97 Å². The fraction of sp³-hybridized carbons (Fsp3) is 0.353. The summed E-state index contributed by atoms with van der Waals surface area (Å²) in [5.41, 5.74) is 1.67. The average molecular weight is 313 g/mol. The minimum atomic E-state index is -0.0831. The molecule has 0 atom stereocenters. The second-order valence-corrected chi connectivity index (χ2v) is 5.31. The second-order valence-electron chi connectivity index (χ2n) is 5.31. The number of hydrogen-bond acceptors (Lipinski definition) is 5. The summed E-state index contributed by atoms with van der Waals surface area (Å²) in [6.45, 7) is 4.59. The summed E-state index contributed by atoms with van der Waals surface area (Å²) in [6, 6.07) is 9.35. The molecule has 122 valence electrons. The molecule has 6 nitrogen and oxygen atoms in total. The van der Waals surface area contributed by atoms with Gasteiger partial charge in [0, 0.05) is 30.9 Å². The first-order valence-electron chi connectivity index (χ1n) is 7.88. The highest BCUT2D eigenvalue weighted by Gasteiger charge is 2.01. The summed E-state index contributed by atoms with van der Waals surface area (Å²) in [5.74, 6) is 1.46. The summed E-state index contributed by atoms with van der Waals surface area (Å²) in [4.78, 5) is 19.4. The number of hydrogen-bond donors (Lipinski definition) is 3. The van der Waals surface area contributed by atoms with Gasteiger partial charge in [-0.1, -0.05) is 19.8 Å². The van der Waals surface area contributed by atoms with Crippen molar-refractivity contribution < 1.29 is 4.79 Å². The first kappa shape index (κ1) is 16.7. The molecule has 0 saturated carbocycles. The van der Waals surface area contributed by atoms with E-state index in [-0.39, 0.29) is 5.91 Å². The first-order chi connectivity index (χ1) is 11.2. The molecule has 23 heavy (non-hydrogen) atoms. The Balaban J connectivity index is 1.93. The molecule has 2 aromatic rings. The molecule has 0 unspecified atom stereocenters. The van der Waals surface area contributed by atoms with Gasteiger partial charge < -0.3 is 16.0 Å². The van der Waals surface area contributed by atoms with Crippen molar-refractivity contribution in [3.8, 4) is 0 Å². The summed E-state index contributed by atoms with van der Waals surface area (Å²) in [7, 11) is 0. The fourth-order valence-corrected chi connectivity index (χ4v) is 2.10. The number of anilines is 4. The monoisotopic (exact) mass is 313 g/mol. The Labute approximate surface area is 136 Å². The van der Waals surface area contributed by atoms with Gasteiger partial charge in [-0.15, -0.1) is 0 Å². The van der Waals surface area contributed by atoms with Crippen LogP contribution in [0.15, 0.2) is 36.7 Å². The number of carbonyl (C=O) groups is 1. The van der Waals surface area contributed by atoms with Crippen LogP contribution in [0.5, 0.6) is 0 Å². The van der Waals surface area contributed by atoms with Crippen molar-refractivity contribution in [2.24, 2.45) is 0 Å². The summed E-state index contributed by atoms with van der Waals surface area (Å²) in [5, 5.41) is 9.26. The van der Waals surface area contributed by atoms with Gasteiger partial charge >= 0.3 is 0 Å². The van der Waals surface area contributed by atoms with E-state index in [2.05, 4.69) is 32.8 Å². The Bertz CT molecular complexity index is 627. The smallest absolute Gasteiger partial charge is 0.221 e. The van der Waals surface area contributed by atoms with Crippen LogP contribution >= 0.6 is 0 Å².